The molecular weight excluding hydrogens is 321 g/mol. The van der Waals surface area contributed by atoms with Gasteiger partial charge in [0.05, 0.1) is 17.9 Å². The number of anilines is 2. The minimum atomic E-state index is -4.53. The lowest BCUT2D eigenvalue weighted by Crippen LogP contribution is -2.08. The van der Waals surface area contributed by atoms with E-state index in [1.807, 2.05) is 0 Å². The summed E-state index contributed by atoms with van der Waals surface area (Å²) in [5, 5.41) is 12.0. The molecular formula is C13H11F3N2O3S. The van der Waals surface area contributed by atoms with E-state index in [2.05, 4.69) is 10.3 Å². The van der Waals surface area contributed by atoms with E-state index in [0.717, 1.165) is 6.07 Å². The Bertz CT molecular complexity index is 685. The molecule has 1 heterocycles. The molecule has 0 aliphatic rings. The van der Waals surface area contributed by atoms with Crippen molar-refractivity contribution in [2.75, 3.05) is 11.9 Å². The van der Waals surface area contributed by atoms with Crippen LogP contribution in [0.3, 0.4) is 0 Å². The van der Waals surface area contributed by atoms with Crippen molar-refractivity contribution in [2.24, 2.45) is 0 Å². The van der Waals surface area contributed by atoms with Gasteiger partial charge in [-0.25, -0.2) is 4.79 Å². The molecule has 118 valence electrons. The minimum Gasteiger partial charge on any atom is -0.492 e. The van der Waals surface area contributed by atoms with Crippen molar-refractivity contribution in [3.8, 4) is 5.88 Å². The maximum Gasteiger partial charge on any atom is 0.418 e. The first-order valence-electron chi connectivity index (χ1n) is 6.13. The Balaban J connectivity index is 2.29. The third-order valence-electron chi connectivity index (χ3n) is 2.54. The van der Waals surface area contributed by atoms with Crippen LogP contribution in [-0.2, 0) is 10.9 Å². The molecule has 22 heavy (non-hydrogen) atoms. The van der Waals surface area contributed by atoms with Crippen LogP contribution >= 0.6 is 11.3 Å². The zero-order chi connectivity index (χ0) is 16.3. The Morgan fingerprint density at radius 1 is 1.41 bits per heavy atom. The van der Waals surface area contributed by atoms with E-state index >= 15 is 0 Å². The van der Waals surface area contributed by atoms with Crippen molar-refractivity contribution in [3.05, 3.63) is 34.7 Å². The number of benzene rings is 1. The Labute approximate surface area is 127 Å². The van der Waals surface area contributed by atoms with Gasteiger partial charge in [-0.15, -0.1) is 0 Å². The van der Waals surface area contributed by atoms with Crippen LogP contribution in [0.15, 0.2) is 24.3 Å². The molecule has 1 aromatic heterocycles. The van der Waals surface area contributed by atoms with Crippen LogP contribution in [0.5, 0.6) is 5.88 Å². The molecule has 0 spiro atoms. The average molecular weight is 332 g/mol. The summed E-state index contributed by atoms with van der Waals surface area (Å²) in [6.07, 6.45) is -4.53. The molecule has 5 nitrogen and oxygen atoms in total. The molecule has 0 unspecified atom stereocenters. The fraction of sp³-hybridized carbons (Fsp3) is 0.231. The normalized spacial score (nSPS) is 11.3. The molecule has 0 amide bonds. The zero-order valence-corrected chi connectivity index (χ0v) is 12.1. The molecule has 2 aromatic rings. The predicted molar refractivity (Wildman–Crippen MR) is 74.5 cm³/mol. The van der Waals surface area contributed by atoms with Crippen LogP contribution in [0.1, 0.15) is 22.2 Å². The van der Waals surface area contributed by atoms with Crippen LogP contribution in [0.4, 0.5) is 24.0 Å². The van der Waals surface area contributed by atoms with Gasteiger partial charge in [0.1, 0.15) is 0 Å². The molecule has 2 N–H and O–H groups in total. The Kier molecular flexibility index (Phi) is 4.55. The summed E-state index contributed by atoms with van der Waals surface area (Å²) in [5.74, 6) is -1.37. The molecule has 9 heteroatoms. The summed E-state index contributed by atoms with van der Waals surface area (Å²) in [5.41, 5.74) is -1.10. The van der Waals surface area contributed by atoms with Gasteiger partial charge in [-0.2, -0.15) is 18.2 Å². The van der Waals surface area contributed by atoms with Gasteiger partial charge in [0, 0.05) is 0 Å². The molecule has 1 aromatic carbocycles. The number of ether oxygens (including phenoxy) is 1. The second-order valence-electron chi connectivity index (χ2n) is 4.06. The standard InChI is InChI=1S/C13H11F3N2O3S/c1-2-21-11(20)9-10(19)18-12(22-9)17-8-6-4-3-5-7(8)13(14,15)16/h3-6,19H,2H2,1H3,(H,17,18). The highest BCUT2D eigenvalue weighted by Gasteiger charge is 2.33. The number of carbonyl (C=O) groups is 1. The van der Waals surface area contributed by atoms with Crippen LogP contribution < -0.4 is 5.32 Å². The van der Waals surface area contributed by atoms with E-state index in [4.69, 9.17) is 4.74 Å². The number of aromatic hydroxyl groups is 1. The third-order valence-corrected chi connectivity index (χ3v) is 3.48. The molecule has 0 fully saturated rings. The SMILES string of the molecule is CCOC(=O)c1sc(Nc2ccccc2C(F)(F)F)nc1O. The molecule has 0 aliphatic heterocycles. The van der Waals surface area contributed by atoms with E-state index in [1.54, 1.807) is 6.92 Å². The number of nitrogens with zero attached hydrogens (tertiary/aromatic N) is 1. The molecule has 0 bridgehead atoms. The summed E-state index contributed by atoms with van der Waals surface area (Å²) in [6, 6.07) is 4.84. The summed E-state index contributed by atoms with van der Waals surface area (Å²) < 4.78 is 43.4. The Hall–Kier alpha value is -2.29. The molecule has 0 saturated carbocycles. The number of nitrogens with one attached hydrogen (secondary N) is 1. The monoisotopic (exact) mass is 332 g/mol. The van der Waals surface area contributed by atoms with Gasteiger partial charge in [-0.1, -0.05) is 23.5 Å². The second kappa shape index (κ2) is 6.22. The summed E-state index contributed by atoms with van der Waals surface area (Å²) in [4.78, 5) is 15.0. The fourth-order valence-electron chi connectivity index (χ4n) is 1.65. The van der Waals surface area contributed by atoms with Gasteiger partial charge < -0.3 is 15.2 Å². The van der Waals surface area contributed by atoms with Crippen molar-refractivity contribution in [1.82, 2.24) is 4.98 Å². The van der Waals surface area contributed by atoms with Crippen LogP contribution in [-0.4, -0.2) is 22.7 Å². The van der Waals surface area contributed by atoms with Crippen molar-refractivity contribution >= 4 is 28.1 Å². The van der Waals surface area contributed by atoms with Gasteiger partial charge >= 0.3 is 12.1 Å². The highest BCUT2D eigenvalue weighted by atomic mass is 32.1. The maximum absolute atomic E-state index is 12.9. The third kappa shape index (κ3) is 3.48. The number of alkyl halides is 3. The summed E-state index contributed by atoms with van der Waals surface area (Å²) in [7, 11) is 0. The van der Waals surface area contributed by atoms with E-state index in [1.165, 1.54) is 18.2 Å². The van der Waals surface area contributed by atoms with Crippen molar-refractivity contribution in [3.63, 3.8) is 0 Å². The lowest BCUT2D eigenvalue weighted by Gasteiger charge is -2.12. The lowest BCUT2D eigenvalue weighted by atomic mass is 10.2. The number of para-hydroxylation sites is 1. The number of thiazole rings is 1. The van der Waals surface area contributed by atoms with E-state index < -0.39 is 23.6 Å². The van der Waals surface area contributed by atoms with Gasteiger partial charge in [-0.05, 0) is 19.1 Å². The summed E-state index contributed by atoms with van der Waals surface area (Å²) >= 11 is 0.708. The van der Waals surface area contributed by atoms with Crippen molar-refractivity contribution in [2.45, 2.75) is 13.1 Å². The topological polar surface area (TPSA) is 71.5 Å². The first-order valence-corrected chi connectivity index (χ1v) is 6.94. The van der Waals surface area contributed by atoms with E-state index in [0.29, 0.717) is 11.3 Å². The first-order chi connectivity index (χ1) is 10.3. The van der Waals surface area contributed by atoms with E-state index in [9.17, 15) is 23.1 Å². The van der Waals surface area contributed by atoms with Gasteiger partial charge in [-0.3, -0.25) is 0 Å². The number of halogens is 3. The average Bonchev–Trinajstić information content (AvgIpc) is 2.79. The largest absolute Gasteiger partial charge is 0.492 e. The minimum absolute atomic E-state index is 0.0442. The van der Waals surface area contributed by atoms with Gasteiger partial charge in [0.25, 0.3) is 0 Å². The smallest absolute Gasteiger partial charge is 0.418 e. The first kappa shape index (κ1) is 16.1. The number of carbonyl (C=O) groups excluding carboxylic acids is 1. The number of esters is 1. The van der Waals surface area contributed by atoms with Gasteiger partial charge in [0.15, 0.2) is 10.0 Å². The molecule has 0 saturated heterocycles. The van der Waals surface area contributed by atoms with E-state index in [-0.39, 0.29) is 22.3 Å². The number of rotatable bonds is 4. The highest BCUT2D eigenvalue weighted by molar-refractivity contribution is 7.17. The van der Waals surface area contributed by atoms with Crippen LogP contribution in [0.2, 0.25) is 0 Å². The highest BCUT2D eigenvalue weighted by Crippen LogP contribution is 2.37. The zero-order valence-electron chi connectivity index (χ0n) is 11.3. The lowest BCUT2D eigenvalue weighted by molar-refractivity contribution is -0.136. The van der Waals surface area contributed by atoms with Crippen molar-refractivity contribution < 1.29 is 27.8 Å². The number of hydrogen-bond donors (Lipinski definition) is 2. The number of aromatic nitrogens is 1. The molecule has 0 aliphatic carbocycles. The summed E-state index contributed by atoms with van der Waals surface area (Å²) in [6.45, 7) is 1.70. The number of hydrogen-bond acceptors (Lipinski definition) is 6. The Morgan fingerprint density at radius 2 is 2.09 bits per heavy atom. The van der Waals surface area contributed by atoms with Crippen LogP contribution in [0.25, 0.3) is 0 Å². The maximum atomic E-state index is 12.9. The second-order valence-corrected chi connectivity index (χ2v) is 5.06. The van der Waals surface area contributed by atoms with Gasteiger partial charge in [0.2, 0.25) is 5.88 Å². The van der Waals surface area contributed by atoms with Crippen molar-refractivity contribution in [1.29, 1.82) is 0 Å². The van der Waals surface area contributed by atoms with Crippen LogP contribution in [0, 0.1) is 0 Å². The quantitative estimate of drug-likeness (QED) is 0.834. The predicted octanol–water partition coefficient (Wildman–Crippen LogP) is 3.79. The molecule has 2 rings (SSSR count). The molecule has 0 radical (unpaired) electrons. The fourth-order valence-corrected chi connectivity index (χ4v) is 2.42. The molecule has 0 atom stereocenters. The Morgan fingerprint density at radius 3 is 2.73 bits per heavy atom.